The molecule has 0 amide bonds. The largest absolute Gasteiger partial charge is 1.00 e. The van der Waals surface area contributed by atoms with E-state index in [9.17, 15) is 8.42 Å². The molecule has 2 N–H and O–H groups in total. The molecule has 0 aliphatic carbocycles. The van der Waals surface area contributed by atoms with Gasteiger partial charge in [-0.1, -0.05) is 18.2 Å². The average molecular weight is 396 g/mol. The number of hydrazone groups is 1. The second-order valence-corrected chi connectivity index (χ2v) is 6.76. The number of fused-ring (bicyclic) bond motifs is 1. The Bertz CT molecular complexity index is 1030. The Hall–Kier alpha value is -1.26. The molecule has 0 unspecified atom stereocenters. The summed E-state index contributed by atoms with van der Waals surface area (Å²) in [6, 6.07) is 17.4. The molecule has 0 aromatic heterocycles. The van der Waals surface area contributed by atoms with Gasteiger partial charge in [0.15, 0.2) is 0 Å². The second kappa shape index (κ2) is 9.09. The van der Waals surface area contributed by atoms with Gasteiger partial charge >= 0.3 is 51.4 Å². The molecule has 0 saturated heterocycles. The molecular weight excluding hydrogens is 379 g/mol. The number of benzene rings is 3. The Labute approximate surface area is 194 Å². The molecule has 0 bridgehead atoms. The summed E-state index contributed by atoms with van der Waals surface area (Å²) in [5.41, 5.74) is 4.33. The predicted molar refractivity (Wildman–Crippen MR) is 98.0 cm³/mol. The zero-order chi connectivity index (χ0) is 17.9. The fourth-order valence-corrected chi connectivity index (χ4v) is 2.81. The number of hydrogen-bond donors (Lipinski definition) is 2. The maximum Gasteiger partial charge on any atom is 1.00 e. The minimum Gasteiger partial charge on any atom is -0.497 e. The summed E-state index contributed by atoms with van der Waals surface area (Å²) in [4.78, 5) is -0.160. The average Bonchev–Trinajstić information content (AvgIpc) is 2.61. The second-order valence-electron chi connectivity index (χ2n) is 5.34. The van der Waals surface area contributed by atoms with E-state index in [1.807, 2.05) is 36.4 Å². The number of rotatable bonds is 5. The molecule has 0 spiro atoms. The predicted octanol–water partition coefficient (Wildman–Crippen LogP) is 0.545. The molecule has 0 radical (unpaired) electrons. The molecule has 6 nitrogen and oxygen atoms in total. The first-order valence-electron chi connectivity index (χ1n) is 7.40. The smallest absolute Gasteiger partial charge is 0.497 e. The van der Waals surface area contributed by atoms with E-state index in [0.717, 1.165) is 22.1 Å². The molecule has 3 rings (SSSR count). The molecule has 0 aliphatic heterocycles. The fraction of sp³-hybridized carbons (Fsp3) is 0.0556. The van der Waals surface area contributed by atoms with Crippen molar-refractivity contribution >= 4 is 32.8 Å². The van der Waals surface area contributed by atoms with Gasteiger partial charge < -0.3 is 4.74 Å². The van der Waals surface area contributed by atoms with Crippen LogP contribution in [0.25, 0.3) is 10.8 Å². The third-order valence-electron chi connectivity index (χ3n) is 3.63. The van der Waals surface area contributed by atoms with Crippen LogP contribution < -0.4 is 61.5 Å². The van der Waals surface area contributed by atoms with Gasteiger partial charge in [0.05, 0.1) is 23.9 Å². The van der Waals surface area contributed by atoms with E-state index in [0.29, 0.717) is 5.69 Å². The van der Waals surface area contributed by atoms with Crippen LogP contribution >= 0.6 is 0 Å². The van der Waals surface area contributed by atoms with Crippen LogP contribution in [0.2, 0.25) is 0 Å². The van der Waals surface area contributed by atoms with Crippen LogP contribution in [0.15, 0.2) is 70.7 Å². The van der Waals surface area contributed by atoms with Crippen LogP contribution in [-0.4, -0.2) is 26.3 Å². The maximum atomic E-state index is 11.0. The van der Waals surface area contributed by atoms with Crippen LogP contribution in [0, 0.1) is 0 Å². The number of nitrogens with zero attached hydrogens (tertiary/aromatic N) is 1. The third-order valence-corrected chi connectivity index (χ3v) is 4.50. The molecule has 0 heterocycles. The quantitative estimate of drug-likeness (QED) is 0.285. The van der Waals surface area contributed by atoms with E-state index >= 15 is 0 Å². The number of nitrogens with one attached hydrogen (secondary N) is 1. The van der Waals surface area contributed by atoms with Crippen molar-refractivity contribution in [3.05, 3.63) is 66.2 Å². The standard InChI is InChI=1S/C18H16N2O4S.K/c1-24-17-7-4-14-10-13(2-3-15(14)11-17)12-19-20-16-5-8-18(9-6-16)25(21,22)23;/h2-12,20H,1H3,(H,21,22,23);/q;+1/b19-12+;. The van der Waals surface area contributed by atoms with Gasteiger partial charge in [0, 0.05) is 0 Å². The first-order valence-corrected chi connectivity index (χ1v) is 8.84. The summed E-state index contributed by atoms with van der Waals surface area (Å²) in [5.74, 6) is 0.809. The van der Waals surface area contributed by atoms with E-state index in [1.165, 1.54) is 24.3 Å². The van der Waals surface area contributed by atoms with Crippen LogP contribution in [0.4, 0.5) is 5.69 Å². The van der Waals surface area contributed by atoms with Crippen LogP contribution in [0.3, 0.4) is 0 Å². The topological polar surface area (TPSA) is 88.0 Å². The number of hydrogen-bond acceptors (Lipinski definition) is 5. The van der Waals surface area contributed by atoms with E-state index in [1.54, 1.807) is 13.3 Å². The van der Waals surface area contributed by atoms with E-state index in [4.69, 9.17) is 9.29 Å². The molecule has 3 aromatic carbocycles. The summed E-state index contributed by atoms with van der Waals surface area (Å²) in [7, 11) is -2.55. The zero-order valence-electron chi connectivity index (χ0n) is 14.4. The van der Waals surface area contributed by atoms with Gasteiger partial charge in [0.25, 0.3) is 10.1 Å². The van der Waals surface area contributed by atoms with Gasteiger partial charge in [-0.15, -0.1) is 0 Å². The van der Waals surface area contributed by atoms with Gasteiger partial charge in [0.2, 0.25) is 0 Å². The SMILES string of the molecule is COc1ccc2cc(/C=N/Nc3ccc(S(=O)(=O)O)cc3)ccc2c1.[K+]. The Balaban J connectivity index is 0.00000243. The van der Waals surface area contributed by atoms with Crippen molar-refractivity contribution in [2.24, 2.45) is 5.10 Å². The Kier molecular flexibility index (Phi) is 7.36. The molecule has 0 fully saturated rings. The van der Waals surface area contributed by atoms with Gasteiger partial charge in [-0.25, -0.2) is 0 Å². The molecule has 0 saturated carbocycles. The van der Waals surface area contributed by atoms with Crippen LogP contribution in [-0.2, 0) is 10.1 Å². The molecule has 3 aromatic rings. The monoisotopic (exact) mass is 395 g/mol. The van der Waals surface area contributed by atoms with Gasteiger partial charge in [0.1, 0.15) is 5.75 Å². The van der Waals surface area contributed by atoms with Crippen LogP contribution in [0.5, 0.6) is 5.75 Å². The van der Waals surface area contributed by atoms with E-state index in [-0.39, 0.29) is 56.3 Å². The third kappa shape index (κ3) is 5.37. The first-order chi connectivity index (χ1) is 12.0. The van der Waals surface area contributed by atoms with Crippen molar-refractivity contribution in [3.63, 3.8) is 0 Å². The molecular formula is C18H16KN2O4S+. The zero-order valence-corrected chi connectivity index (χ0v) is 18.3. The molecule has 128 valence electrons. The first kappa shape index (κ1) is 21.0. The number of anilines is 1. The van der Waals surface area contributed by atoms with E-state index in [2.05, 4.69) is 10.5 Å². The van der Waals surface area contributed by atoms with Crippen molar-refractivity contribution in [3.8, 4) is 5.75 Å². The molecule has 26 heavy (non-hydrogen) atoms. The van der Waals surface area contributed by atoms with Gasteiger partial charge in [-0.3, -0.25) is 9.98 Å². The normalized spacial score (nSPS) is 11.3. The summed E-state index contributed by atoms with van der Waals surface area (Å²) >= 11 is 0. The Morgan fingerprint density at radius 1 is 1.00 bits per heavy atom. The number of methoxy groups -OCH3 is 1. The maximum absolute atomic E-state index is 11.0. The summed E-state index contributed by atoms with van der Waals surface area (Å²) in [6.07, 6.45) is 1.67. The summed E-state index contributed by atoms with van der Waals surface area (Å²) < 4.78 is 36.1. The summed E-state index contributed by atoms with van der Waals surface area (Å²) in [6.45, 7) is 0. The minimum atomic E-state index is -4.18. The van der Waals surface area contributed by atoms with Crippen molar-refractivity contribution in [1.82, 2.24) is 0 Å². The van der Waals surface area contributed by atoms with E-state index < -0.39 is 10.1 Å². The van der Waals surface area contributed by atoms with Gasteiger partial charge in [-0.05, 0) is 58.8 Å². The minimum absolute atomic E-state index is 0. The Morgan fingerprint density at radius 2 is 1.65 bits per heavy atom. The van der Waals surface area contributed by atoms with Crippen molar-refractivity contribution in [2.45, 2.75) is 4.90 Å². The van der Waals surface area contributed by atoms with Crippen LogP contribution in [0.1, 0.15) is 5.56 Å². The molecule has 0 atom stereocenters. The van der Waals surface area contributed by atoms with Crippen molar-refractivity contribution in [2.75, 3.05) is 12.5 Å². The molecule has 8 heteroatoms. The van der Waals surface area contributed by atoms with Crippen molar-refractivity contribution < 1.29 is 69.1 Å². The molecule has 0 aliphatic rings. The summed E-state index contributed by atoms with van der Waals surface area (Å²) in [5, 5.41) is 6.28. The van der Waals surface area contributed by atoms with Crippen molar-refractivity contribution in [1.29, 1.82) is 0 Å². The fourth-order valence-electron chi connectivity index (χ4n) is 2.33. The van der Waals surface area contributed by atoms with Gasteiger partial charge in [-0.2, -0.15) is 13.5 Å². The Morgan fingerprint density at radius 3 is 2.31 bits per heavy atom. The number of ether oxygens (including phenoxy) is 1.